The van der Waals surface area contributed by atoms with Crippen molar-refractivity contribution < 1.29 is 0 Å². The number of hydrogen-bond donors (Lipinski definition) is 0. The minimum Gasteiger partial charge on any atom is -0.0622 e. The van der Waals surface area contributed by atoms with Gasteiger partial charge in [-0.05, 0) is 129 Å². The molecule has 0 N–H and O–H groups in total. The molecule has 0 aliphatic rings. The van der Waals surface area contributed by atoms with Gasteiger partial charge in [-0.2, -0.15) is 0 Å². The fourth-order valence-corrected chi connectivity index (χ4v) is 8.06. The van der Waals surface area contributed by atoms with Gasteiger partial charge in [0.2, 0.25) is 0 Å². The summed E-state index contributed by atoms with van der Waals surface area (Å²) in [5.41, 5.74) is 12.4. The Labute approximate surface area is 303 Å². The van der Waals surface area contributed by atoms with E-state index >= 15 is 0 Å². The van der Waals surface area contributed by atoms with Gasteiger partial charge >= 0.3 is 0 Å². The van der Waals surface area contributed by atoms with Gasteiger partial charge in [0.1, 0.15) is 0 Å². The third kappa shape index (κ3) is 5.25. The Morgan fingerprint density at radius 3 is 1.08 bits per heavy atom. The van der Waals surface area contributed by atoms with E-state index in [1.807, 2.05) is 0 Å². The summed E-state index contributed by atoms with van der Waals surface area (Å²) in [6.07, 6.45) is 0. The first-order chi connectivity index (χ1) is 25.8. The lowest BCUT2D eigenvalue weighted by Crippen LogP contribution is -1.91. The lowest BCUT2D eigenvalue weighted by Gasteiger charge is -2.18. The van der Waals surface area contributed by atoms with Crippen molar-refractivity contribution in [2.75, 3.05) is 0 Å². The van der Waals surface area contributed by atoms with Gasteiger partial charge in [0.25, 0.3) is 0 Å². The minimum atomic E-state index is 1.22. The van der Waals surface area contributed by atoms with Crippen LogP contribution in [0.1, 0.15) is 0 Å². The summed E-state index contributed by atoms with van der Waals surface area (Å²) < 4.78 is 0. The molecule has 0 heteroatoms. The molecule has 0 nitrogen and oxygen atoms in total. The predicted octanol–water partition coefficient (Wildman–Crippen LogP) is 14.6. The number of benzene rings is 10. The van der Waals surface area contributed by atoms with Crippen LogP contribution in [0.15, 0.2) is 206 Å². The van der Waals surface area contributed by atoms with Crippen molar-refractivity contribution in [3.05, 3.63) is 206 Å². The van der Waals surface area contributed by atoms with Crippen LogP contribution in [-0.4, -0.2) is 0 Å². The van der Waals surface area contributed by atoms with Gasteiger partial charge in [0.05, 0.1) is 0 Å². The van der Waals surface area contributed by atoms with Crippen LogP contribution in [0.5, 0.6) is 0 Å². The van der Waals surface area contributed by atoms with Crippen molar-refractivity contribution in [1.82, 2.24) is 0 Å². The molecule has 242 valence electrons. The molecule has 0 aromatic heterocycles. The monoisotopic (exact) mass is 658 g/mol. The Morgan fingerprint density at radius 2 is 0.500 bits per heavy atom. The summed E-state index contributed by atoms with van der Waals surface area (Å²) in [6, 6.07) is 75.6. The molecule has 0 spiro atoms. The largest absolute Gasteiger partial charge is 0.0622 e. The van der Waals surface area contributed by atoms with E-state index in [-0.39, 0.29) is 0 Å². The SMILES string of the molecule is c1ccc(-c2cccc(-c3ccc4cc(-c5c6ccccc6c(-c6cccc(-c7ccc8ccccc8c7)c6)c6ccccc56)ccc4c3)c2)cc1. The molecule has 0 fully saturated rings. The highest BCUT2D eigenvalue weighted by Gasteiger charge is 2.17. The summed E-state index contributed by atoms with van der Waals surface area (Å²) >= 11 is 0. The van der Waals surface area contributed by atoms with E-state index in [2.05, 4.69) is 206 Å². The van der Waals surface area contributed by atoms with Gasteiger partial charge in [0.15, 0.2) is 0 Å². The van der Waals surface area contributed by atoms with E-state index in [0.717, 1.165) is 0 Å². The van der Waals surface area contributed by atoms with Crippen molar-refractivity contribution >= 4 is 43.1 Å². The van der Waals surface area contributed by atoms with Crippen molar-refractivity contribution in [3.8, 4) is 55.6 Å². The fraction of sp³-hybridized carbons (Fsp3) is 0. The lowest BCUT2D eigenvalue weighted by atomic mass is 9.85. The fourth-order valence-electron chi connectivity index (χ4n) is 8.06. The molecule has 0 unspecified atom stereocenters. The molecule has 0 heterocycles. The van der Waals surface area contributed by atoms with Gasteiger partial charge < -0.3 is 0 Å². The maximum Gasteiger partial charge on any atom is -0.00262 e. The number of fused-ring (bicyclic) bond motifs is 4. The first-order valence-electron chi connectivity index (χ1n) is 18.0. The molecule has 0 aliphatic carbocycles. The molecule has 0 amide bonds. The molecular weight excluding hydrogens is 625 g/mol. The molecule has 0 aliphatic heterocycles. The topological polar surface area (TPSA) is 0 Å². The highest BCUT2D eigenvalue weighted by Crippen LogP contribution is 2.45. The third-order valence-electron chi connectivity index (χ3n) is 10.6. The van der Waals surface area contributed by atoms with Crippen LogP contribution in [0.3, 0.4) is 0 Å². The molecular formula is C52H34. The van der Waals surface area contributed by atoms with Gasteiger partial charge in [-0.25, -0.2) is 0 Å². The Bertz CT molecular complexity index is 2890. The van der Waals surface area contributed by atoms with Crippen molar-refractivity contribution in [2.45, 2.75) is 0 Å². The second-order valence-corrected chi connectivity index (χ2v) is 13.7. The summed E-state index contributed by atoms with van der Waals surface area (Å²) in [5, 5.41) is 10.1. The van der Waals surface area contributed by atoms with E-state index in [1.165, 1.54) is 98.7 Å². The van der Waals surface area contributed by atoms with Crippen LogP contribution in [-0.2, 0) is 0 Å². The van der Waals surface area contributed by atoms with E-state index in [0.29, 0.717) is 0 Å². The Kier molecular flexibility index (Phi) is 7.25. The first kappa shape index (κ1) is 30.1. The van der Waals surface area contributed by atoms with Gasteiger partial charge in [0, 0.05) is 0 Å². The quantitative estimate of drug-likeness (QED) is 0.161. The molecule has 10 aromatic carbocycles. The lowest BCUT2D eigenvalue weighted by molar-refractivity contribution is 1.60. The van der Waals surface area contributed by atoms with Crippen LogP contribution < -0.4 is 0 Å². The Balaban J connectivity index is 1.10. The third-order valence-corrected chi connectivity index (χ3v) is 10.6. The highest BCUT2D eigenvalue weighted by atomic mass is 14.2. The standard InChI is InChI=1S/C52H34/c1-2-12-35(13-3-1)38-16-10-17-39(30-38)42-26-27-44-34-46(29-28-43(44)32-42)52-49-22-8-6-20-47(49)51(48-21-7-9-23-50(48)52)45-19-11-18-40(33-45)41-25-24-36-14-4-5-15-37(36)31-41/h1-34H. The molecule has 52 heavy (non-hydrogen) atoms. The van der Waals surface area contributed by atoms with Crippen molar-refractivity contribution in [3.63, 3.8) is 0 Å². The molecule has 10 rings (SSSR count). The second-order valence-electron chi connectivity index (χ2n) is 13.7. The average Bonchev–Trinajstić information content (AvgIpc) is 3.22. The van der Waals surface area contributed by atoms with Crippen molar-refractivity contribution in [1.29, 1.82) is 0 Å². The van der Waals surface area contributed by atoms with Gasteiger partial charge in [-0.1, -0.05) is 176 Å². The molecule has 0 saturated heterocycles. The van der Waals surface area contributed by atoms with Crippen LogP contribution in [0.2, 0.25) is 0 Å². The molecule has 0 atom stereocenters. The van der Waals surface area contributed by atoms with E-state index in [4.69, 9.17) is 0 Å². The summed E-state index contributed by atoms with van der Waals surface area (Å²) in [6.45, 7) is 0. The van der Waals surface area contributed by atoms with Gasteiger partial charge in [-0.15, -0.1) is 0 Å². The van der Waals surface area contributed by atoms with E-state index in [1.54, 1.807) is 0 Å². The molecule has 0 radical (unpaired) electrons. The Hall–Kier alpha value is -6.76. The highest BCUT2D eigenvalue weighted by molar-refractivity contribution is 6.22. The normalized spacial score (nSPS) is 11.5. The summed E-state index contributed by atoms with van der Waals surface area (Å²) in [4.78, 5) is 0. The second kappa shape index (κ2) is 12.5. The molecule has 10 aromatic rings. The van der Waals surface area contributed by atoms with Crippen LogP contribution in [0.4, 0.5) is 0 Å². The maximum absolute atomic E-state index is 2.37. The van der Waals surface area contributed by atoms with Crippen LogP contribution in [0.25, 0.3) is 98.7 Å². The van der Waals surface area contributed by atoms with E-state index < -0.39 is 0 Å². The number of rotatable bonds is 5. The zero-order valence-electron chi connectivity index (χ0n) is 28.6. The predicted molar refractivity (Wildman–Crippen MR) is 224 cm³/mol. The van der Waals surface area contributed by atoms with Crippen molar-refractivity contribution in [2.24, 2.45) is 0 Å². The average molecular weight is 659 g/mol. The van der Waals surface area contributed by atoms with Gasteiger partial charge in [-0.3, -0.25) is 0 Å². The number of hydrogen-bond acceptors (Lipinski definition) is 0. The smallest absolute Gasteiger partial charge is 0.00262 e. The molecule has 0 saturated carbocycles. The summed E-state index contributed by atoms with van der Waals surface area (Å²) in [5.74, 6) is 0. The summed E-state index contributed by atoms with van der Waals surface area (Å²) in [7, 11) is 0. The zero-order valence-corrected chi connectivity index (χ0v) is 28.6. The first-order valence-corrected chi connectivity index (χ1v) is 18.0. The van der Waals surface area contributed by atoms with Crippen LogP contribution in [0, 0.1) is 0 Å². The maximum atomic E-state index is 2.37. The Morgan fingerprint density at radius 1 is 0.173 bits per heavy atom. The molecule has 0 bridgehead atoms. The minimum absolute atomic E-state index is 1.22. The van der Waals surface area contributed by atoms with Crippen LogP contribution >= 0.6 is 0 Å². The van der Waals surface area contributed by atoms with E-state index in [9.17, 15) is 0 Å². The zero-order chi connectivity index (χ0) is 34.4.